The molecule has 0 bridgehead atoms. The van der Waals surface area contributed by atoms with Gasteiger partial charge in [-0.25, -0.2) is 0 Å². The van der Waals surface area contributed by atoms with Gasteiger partial charge >= 0.3 is 0 Å². The summed E-state index contributed by atoms with van der Waals surface area (Å²) in [4.78, 5) is 0. The minimum atomic E-state index is 0.340. The van der Waals surface area contributed by atoms with Gasteiger partial charge in [-0.2, -0.15) is 0 Å². The number of ether oxygens (including phenoxy) is 1. The smallest absolute Gasteiger partial charge is 0.120 e. The lowest BCUT2D eigenvalue weighted by atomic mass is 9.86. The summed E-state index contributed by atoms with van der Waals surface area (Å²) in [6.45, 7) is 3.01. The first-order chi connectivity index (χ1) is 8.70. The molecule has 0 amide bonds. The molecule has 0 aromatic heterocycles. The Morgan fingerprint density at radius 1 is 1.33 bits per heavy atom. The summed E-state index contributed by atoms with van der Waals surface area (Å²) in [6, 6.07) is 5.95. The van der Waals surface area contributed by atoms with Gasteiger partial charge in [-0.15, -0.1) is 0 Å². The van der Waals surface area contributed by atoms with E-state index in [0.717, 1.165) is 17.2 Å². The molecular formula is C15H23NO2. The first-order valence-electron chi connectivity index (χ1n) is 6.80. The Morgan fingerprint density at radius 2 is 2.11 bits per heavy atom. The summed E-state index contributed by atoms with van der Waals surface area (Å²) < 4.78 is 5.18. The molecule has 0 aliphatic heterocycles. The van der Waals surface area contributed by atoms with E-state index >= 15 is 0 Å². The van der Waals surface area contributed by atoms with Crippen molar-refractivity contribution in [3.63, 3.8) is 0 Å². The molecule has 1 aliphatic rings. The predicted octanol–water partition coefficient (Wildman–Crippen LogP) is 3.07. The lowest BCUT2D eigenvalue weighted by molar-refractivity contribution is 0.278. The van der Waals surface area contributed by atoms with Crippen molar-refractivity contribution in [2.75, 3.05) is 7.11 Å². The Bertz CT molecular complexity index is 392. The molecule has 3 nitrogen and oxygen atoms in total. The fourth-order valence-corrected chi connectivity index (χ4v) is 2.69. The van der Waals surface area contributed by atoms with Gasteiger partial charge in [-0.05, 0) is 37.0 Å². The summed E-state index contributed by atoms with van der Waals surface area (Å²) >= 11 is 0. The molecule has 0 radical (unpaired) electrons. The molecule has 0 saturated heterocycles. The fraction of sp³-hybridized carbons (Fsp3) is 0.600. The van der Waals surface area contributed by atoms with Crippen LogP contribution in [0.5, 0.6) is 11.5 Å². The van der Waals surface area contributed by atoms with Crippen LogP contribution in [0.3, 0.4) is 0 Å². The van der Waals surface area contributed by atoms with Crippen LogP contribution in [0.15, 0.2) is 18.2 Å². The monoisotopic (exact) mass is 249 g/mol. The number of hydrogen-bond acceptors (Lipinski definition) is 3. The molecule has 2 unspecified atom stereocenters. The van der Waals surface area contributed by atoms with Crippen molar-refractivity contribution in [3.05, 3.63) is 23.8 Å². The van der Waals surface area contributed by atoms with Crippen molar-refractivity contribution >= 4 is 0 Å². The lowest BCUT2D eigenvalue weighted by Crippen LogP contribution is -2.36. The fourth-order valence-electron chi connectivity index (χ4n) is 2.69. The van der Waals surface area contributed by atoms with Gasteiger partial charge in [-0.3, -0.25) is 0 Å². The van der Waals surface area contributed by atoms with E-state index < -0.39 is 0 Å². The van der Waals surface area contributed by atoms with Gasteiger partial charge in [0.2, 0.25) is 0 Å². The van der Waals surface area contributed by atoms with Crippen LogP contribution < -0.4 is 10.1 Å². The SMILES string of the molecule is COc1ccc(O)c(CNC2CCCCC2C)c1. The van der Waals surface area contributed by atoms with Crippen LogP contribution in [0.4, 0.5) is 0 Å². The molecule has 1 aromatic carbocycles. The van der Waals surface area contributed by atoms with Crippen molar-refractivity contribution < 1.29 is 9.84 Å². The number of phenolic OH excluding ortho intramolecular Hbond substituents is 1. The Kier molecular flexibility index (Phi) is 4.48. The van der Waals surface area contributed by atoms with Gasteiger partial charge in [-0.1, -0.05) is 19.8 Å². The highest BCUT2D eigenvalue weighted by Gasteiger charge is 2.20. The van der Waals surface area contributed by atoms with Crippen LogP contribution >= 0.6 is 0 Å². The Labute approximate surface area is 109 Å². The highest BCUT2D eigenvalue weighted by Crippen LogP contribution is 2.26. The van der Waals surface area contributed by atoms with Crippen molar-refractivity contribution in [2.45, 2.75) is 45.2 Å². The van der Waals surface area contributed by atoms with Gasteiger partial charge in [0, 0.05) is 18.2 Å². The average molecular weight is 249 g/mol. The number of nitrogens with one attached hydrogen (secondary N) is 1. The van der Waals surface area contributed by atoms with E-state index in [4.69, 9.17) is 4.74 Å². The van der Waals surface area contributed by atoms with Crippen LogP contribution in [0, 0.1) is 5.92 Å². The molecule has 2 atom stereocenters. The summed E-state index contributed by atoms with van der Waals surface area (Å²) in [5, 5.41) is 13.4. The minimum absolute atomic E-state index is 0.340. The zero-order valence-corrected chi connectivity index (χ0v) is 11.3. The van der Waals surface area contributed by atoms with E-state index in [9.17, 15) is 5.11 Å². The second-order valence-electron chi connectivity index (χ2n) is 5.24. The maximum absolute atomic E-state index is 9.83. The molecule has 18 heavy (non-hydrogen) atoms. The second kappa shape index (κ2) is 6.10. The van der Waals surface area contributed by atoms with Gasteiger partial charge in [0.15, 0.2) is 0 Å². The highest BCUT2D eigenvalue weighted by atomic mass is 16.5. The Hall–Kier alpha value is -1.22. The van der Waals surface area contributed by atoms with E-state index in [1.165, 1.54) is 25.7 Å². The van der Waals surface area contributed by atoms with Gasteiger partial charge in [0.25, 0.3) is 0 Å². The first kappa shape index (κ1) is 13.2. The first-order valence-corrected chi connectivity index (χ1v) is 6.80. The normalized spacial score (nSPS) is 23.9. The number of hydrogen-bond donors (Lipinski definition) is 2. The summed E-state index contributed by atoms with van der Waals surface area (Å²) in [7, 11) is 1.65. The lowest BCUT2D eigenvalue weighted by Gasteiger charge is -2.29. The molecule has 1 saturated carbocycles. The number of rotatable bonds is 4. The molecule has 0 heterocycles. The molecule has 1 aromatic rings. The molecule has 0 spiro atoms. The minimum Gasteiger partial charge on any atom is -0.508 e. The summed E-state index contributed by atoms with van der Waals surface area (Å²) in [5.74, 6) is 1.86. The summed E-state index contributed by atoms with van der Waals surface area (Å²) in [5.41, 5.74) is 0.909. The number of aromatic hydroxyl groups is 1. The van der Waals surface area contributed by atoms with Crippen LogP contribution in [0.25, 0.3) is 0 Å². The van der Waals surface area contributed by atoms with Crippen molar-refractivity contribution in [2.24, 2.45) is 5.92 Å². The van der Waals surface area contributed by atoms with Crippen molar-refractivity contribution in [3.8, 4) is 11.5 Å². The third kappa shape index (κ3) is 3.16. The highest BCUT2D eigenvalue weighted by molar-refractivity contribution is 5.39. The zero-order chi connectivity index (χ0) is 13.0. The van der Waals surface area contributed by atoms with E-state index in [2.05, 4.69) is 12.2 Å². The molecule has 100 valence electrons. The Morgan fingerprint density at radius 3 is 2.83 bits per heavy atom. The molecule has 2 N–H and O–H groups in total. The molecule has 1 fully saturated rings. The van der Waals surface area contributed by atoms with Crippen LogP contribution in [0.2, 0.25) is 0 Å². The quantitative estimate of drug-likeness (QED) is 0.861. The van der Waals surface area contributed by atoms with Crippen molar-refractivity contribution in [1.29, 1.82) is 0 Å². The molecule has 1 aliphatic carbocycles. The van der Waals surface area contributed by atoms with Crippen LogP contribution in [0.1, 0.15) is 38.2 Å². The van der Waals surface area contributed by atoms with E-state index in [1.54, 1.807) is 19.2 Å². The molecular weight excluding hydrogens is 226 g/mol. The van der Waals surface area contributed by atoms with Gasteiger partial charge < -0.3 is 15.2 Å². The van der Waals surface area contributed by atoms with E-state index in [0.29, 0.717) is 18.3 Å². The molecule has 3 heteroatoms. The topological polar surface area (TPSA) is 41.5 Å². The third-order valence-corrected chi connectivity index (χ3v) is 3.95. The summed E-state index contributed by atoms with van der Waals surface area (Å²) in [6.07, 6.45) is 5.21. The maximum Gasteiger partial charge on any atom is 0.120 e. The second-order valence-corrected chi connectivity index (χ2v) is 5.24. The average Bonchev–Trinajstić information content (AvgIpc) is 2.39. The van der Waals surface area contributed by atoms with Gasteiger partial charge in [0.05, 0.1) is 7.11 Å². The van der Waals surface area contributed by atoms with E-state index in [1.807, 2.05) is 6.07 Å². The Balaban J connectivity index is 1.96. The van der Waals surface area contributed by atoms with Gasteiger partial charge in [0.1, 0.15) is 11.5 Å². The molecule has 2 rings (SSSR count). The predicted molar refractivity (Wildman–Crippen MR) is 72.9 cm³/mol. The maximum atomic E-state index is 9.83. The van der Waals surface area contributed by atoms with Crippen LogP contribution in [-0.2, 0) is 6.54 Å². The third-order valence-electron chi connectivity index (χ3n) is 3.95. The standard InChI is InChI=1S/C15H23NO2/c1-11-5-3-4-6-14(11)16-10-12-9-13(18-2)7-8-15(12)17/h7-9,11,14,16-17H,3-6,10H2,1-2H3. The largest absolute Gasteiger partial charge is 0.508 e. The zero-order valence-electron chi connectivity index (χ0n) is 11.3. The van der Waals surface area contributed by atoms with Crippen LogP contribution in [-0.4, -0.2) is 18.3 Å². The van der Waals surface area contributed by atoms with Crippen molar-refractivity contribution in [1.82, 2.24) is 5.32 Å². The number of benzene rings is 1. The van der Waals surface area contributed by atoms with E-state index in [-0.39, 0.29) is 0 Å². The number of phenols is 1. The number of methoxy groups -OCH3 is 1.